The minimum atomic E-state index is -0.00124. The maximum Gasteiger partial charge on any atom is 0.159 e. The van der Waals surface area contributed by atoms with Gasteiger partial charge >= 0.3 is 0 Å². The van der Waals surface area contributed by atoms with Gasteiger partial charge in [-0.3, -0.25) is 0 Å². The first-order valence-corrected chi connectivity index (χ1v) is 19.9. The molecule has 260 valence electrons. The van der Waals surface area contributed by atoms with Crippen molar-refractivity contribution in [3.05, 3.63) is 24.3 Å². The van der Waals surface area contributed by atoms with E-state index in [1.807, 2.05) is 0 Å². The Morgan fingerprint density at radius 1 is 0.409 bits per heavy atom. The molecule has 0 spiro atoms. The molecule has 1 aliphatic heterocycles. The first kappa shape index (κ1) is 41.4. The zero-order valence-corrected chi connectivity index (χ0v) is 30.5. The standard InChI is InChI=1S/C41H79NO2/c1-5-7-9-11-13-15-17-19-21-23-25-27-29-31-33-35-39-40(44-41(43-39)37-38-42(3)4)36-34-32-30-28-26-24-22-20-18-16-14-12-10-8-6-2/h19-22,39-41H,5-18,23-38H2,1-4H3/b21-19+,22-20+. The van der Waals surface area contributed by atoms with Crippen LogP contribution in [0.15, 0.2) is 24.3 Å². The summed E-state index contributed by atoms with van der Waals surface area (Å²) in [7, 11) is 4.28. The lowest BCUT2D eigenvalue weighted by molar-refractivity contribution is -0.0743. The van der Waals surface area contributed by atoms with E-state index in [2.05, 4.69) is 57.1 Å². The van der Waals surface area contributed by atoms with Crippen molar-refractivity contribution in [2.75, 3.05) is 20.6 Å². The highest BCUT2D eigenvalue weighted by Gasteiger charge is 2.34. The fourth-order valence-corrected chi connectivity index (χ4v) is 6.44. The van der Waals surface area contributed by atoms with E-state index in [4.69, 9.17) is 9.47 Å². The summed E-state index contributed by atoms with van der Waals surface area (Å²) in [5.74, 6) is 0. The number of ether oxygens (including phenoxy) is 2. The van der Waals surface area contributed by atoms with Gasteiger partial charge in [0.2, 0.25) is 0 Å². The first-order valence-electron chi connectivity index (χ1n) is 19.9. The molecular weight excluding hydrogens is 538 g/mol. The summed E-state index contributed by atoms with van der Waals surface area (Å²) in [5.41, 5.74) is 0. The van der Waals surface area contributed by atoms with Crippen molar-refractivity contribution in [3.63, 3.8) is 0 Å². The lowest BCUT2D eigenvalue weighted by Crippen LogP contribution is -2.22. The van der Waals surface area contributed by atoms with Gasteiger partial charge in [0.25, 0.3) is 0 Å². The van der Waals surface area contributed by atoms with Gasteiger partial charge in [-0.05, 0) is 78.3 Å². The first-order chi connectivity index (χ1) is 21.7. The third-order valence-corrected chi connectivity index (χ3v) is 9.38. The van der Waals surface area contributed by atoms with Crippen LogP contribution in [-0.2, 0) is 9.47 Å². The molecule has 0 aromatic rings. The van der Waals surface area contributed by atoms with Crippen LogP contribution in [0, 0.1) is 0 Å². The molecule has 3 heteroatoms. The molecule has 0 radical (unpaired) electrons. The van der Waals surface area contributed by atoms with Gasteiger partial charge in [0, 0.05) is 13.0 Å². The second-order valence-corrected chi connectivity index (χ2v) is 14.1. The van der Waals surface area contributed by atoms with Crippen LogP contribution in [0.5, 0.6) is 0 Å². The number of allylic oxidation sites excluding steroid dienone is 4. The highest BCUT2D eigenvalue weighted by atomic mass is 16.7. The average molecular weight is 618 g/mol. The van der Waals surface area contributed by atoms with Crippen molar-refractivity contribution < 1.29 is 9.47 Å². The van der Waals surface area contributed by atoms with Crippen LogP contribution in [-0.4, -0.2) is 44.0 Å². The summed E-state index contributed by atoms with van der Waals surface area (Å²) in [4.78, 5) is 2.24. The lowest BCUT2D eigenvalue weighted by atomic mass is 9.99. The van der Waals surface area contributed by atoms with Gasteiger partial charge in [0.05, 0.1) is 12.2 Å². The van der Waals surface area contributed by atoms with Crippen LogP contribution in [0.3, 0.4) is 0 Å². The van der Waals surface area contributed by atoms with Gasteiger partial charge in [-0.2, -0.15) is 0 Å². The van der Waals surface area contributed by atoms with E-state index >= 15 is 0 Å². The van der Waals surface area contributed by atoms with Gasteiger partial charge < -0.3 is 14.4 Å². The fourth-order valence-electron chi connectivity index (χ4n) is 6.44. The molecule has 0 aliphatic carbocycles. The van der Waals surface area contributed by atoms with E-state index in [0.29, 0.717) is 12.2 Å². The molecule has 1 rings (SSSR count). The number of rotatable bonds is 33. The summed E-state index contributed by atoms with van der Waals surface area (Å²) < 4.78 is 12.9. The molecule has 2 atom stereocenters. The van der Waals surface area contributed by atoms with E-state index in [1.54, 1.807) is 0 Å². The third-order valence-electron chi connectivity index (χ3n) is 9.38. The van der Waals surface area contributed by atoms with E-state index in [-0.39, 0.29) is 6.29 Å². The van der Waals surface area contributed by atoms with Gasteiger partial charge in [-0.15, -0.1) is 0 Å². The number of hydrogen-bond acceptors (Lipinski definition) is 3. The van der Waals surface area contributed by atoms with Crippen molar-refractivity contribution in [1.82, 2.24) is 4.90 Å². The van der Waals surface area contributed by atoms with Gasteiger partial charge in [0.1, 0.15) is 0 Å². The van der Waals surface area contributed by atoms with Crippen molar-refractivity contribution in [3.8, 4) is 0 Å². The smallest absolute Gasteiger partial charge is 0.159 e. The molecule has 1 fully saturated rings. The van der Waals surface area contributed by atoms with E-state index in [1.165, 1.54) is 180 Å². The van der Waals surface area contributed by atoms with Crippen molar-refractivity contribution in [2.45, 2.75) is 219 Å². The Kier molecular flexibility index (Phi) is 30.4. The Balaban J connectivity index is 2.09. The van der Waals surface area contributed by atoms with Crippen LogP contribution in [0.4, 0.5) is 0 Å². The molecule has 0 N–H and O–H groups in total. The quantitative estimate of drug-likeness (QED) is 0.0540. The van der Waals surface area contributed by atoms with Gasteiger partial charge in [-0.25, -0.2) is 0 Å². The molecule has 2 unspecified atom stereocenters. The van der Waals surface area contributed by atoms with E-state index in [9.17, 15) is 0 Å². The molecule has 0 aromatic carbocycles. The van der Waals surface area contributed by atoms with Crippen LogP contribution in [0.1, 0.15) is 200 Å². The van der Waals surface area contributed by atoms with Crippen LogP contribution in [0.2, 0.25) is 0 Å². The summed E-state index contributed by atoms with van der Waals surface area (Å²) in [6.07, 6.45) is 49.0. The number of hydrogen-bond donors (Lipinski definition) is 0. The lowest BCUT2D eigenvalue weighted by Gasteiger charge is -2.16. The Labute approximate surface area is 277 Å². The van der Waals surface area contributed by atoms with Crippen molar-refractivity contribution in [1.29, 1.82) is 0 Å². The van der Waals surface area contributed by atoms with Crippen molar-refractivity contribution >= 4 is 0 Å². The summed E-state index contributed by atoms with van der Waals surface area (Å²) in [6, 6.07) is 0. The predicted octanol–water partition coefficient (Wildman–Crippen LogP) is 13.1. The molecule has 0 bridgehead atoms. The topological polar surface area (TPSA) is 21.7 Å². The minimum Gasteiger partial charge on any atom is -0.347 e. The molecule has 1 aliphatic rings. The maximum atomic E-state index is 6.45. The normalized spacial score (nSPS) is 19.0. The van der Waals surface area contributed by atoms with E-state index < -0.39 is 0 Å². The largest absolute Gasteiger partial charge is 0.347 e. The third kappa shape index (κ3) is 26.6. The second kappa shape index (κ2) is 32.3. The van der Waals surface area contributed by atoms with Crippen molar-refractivity contribution in [2.24, 2.45) is 0 Å². The van der Waals surface area contributed by atoms with E-state index in [0.717, 1.165) is 13.0 Å². The number of unbranched alkanes of at least 4 members (excludes halogenated alkanes) is 22. The molecule has 0 saturated carbocycles. The zero-order chi connectivity index (χ0) is 31.8. The minimum absolute atomic E-state index is 0.00124. The number of nitrogens with zero attached hydrogens (tertiary/aromatic N) is 1. The highest BCUT2D eigenvalue weighted by Crippen LogP contribution is 2.29. The second-order valence-electron chi connectivity index (χ2n) is 14.1. The monoisotopic (exact) mass is 618 g/mol. The zero-order valence-electron chi connectivity index (χ0n) is 30.5. The van der Waals surface area contributed by atoms with Gasteiger partial charge in [0.15, 0.2) is 6.29 Å². The Morgan fingerprint density at radius 3 is 1.07 bits per heavy atom. The summed E-state index contributed by atoms with van der Waals surface area (Å²) in [5, 5.41) is 0. The molecule has 3 nitrogen and oxygen atoms in total. The van der Waals surface area contributed by atoms with Crippen LogP contribution < -0.4 is 0 Å². The van der Waals surface area contributed by atoms with Crippen LogP contribution in [0.25, 0.3) is 0 Å². The molecule has 0 aromatic heterocycles. The van der Waals surface area contributed by atoms with Gasteiger partial charge in [-0.1, -0.05) is 154 Å². The Bertz CT molecular complexity index is 582. The molecule has 44 heavy (non-hydrogen) atoms. The molecular formula is C41H79NO2. The average Bonchev–Trinajstić information content (AvgIpc) is 3.41. The van der Waals surface area contributed by atoms with Crippen LogP contribution >= 0.6 is 0 Å². The molecule has 1 heterocycles. The maximum absolute atomic E-state index is 6.45. The molecule has 0 amide bonds. The summed E-state index contributed by atoms with van der Waals surface area (Å²) in [6.45, 7) is 5.62. The predicted molar refractivity (Wildman–Crippen MR) is 196 cm³/mol. The molecule has 1 saturated heterocycles. The SMILES string of the molecule is CCCCCCCC/C=C/CCCCCCCC1OC(CCN(C)C)OC1CCCCCCC/C=C/CCCCCCCC. The fraction of sp³-hybridized carbons (Fsp3) is 0.902. The summed E-state index contributed by atoms with van der Waals surface area (Å²) >= 11 is 0. The Morgan fingerprint density at radius 2 is 0.727 bits per heavy atom. The Hall–Kier alpha value is -0.640. The highest BCUT2D eigenvalue weighted by molar-refractivity contribution is 4.82.